The number of carbonyl (C=O) groups is 1. The van der Waals surface area contributed by atoms with E-state index in [1.54, 1.807) is 6.08 Å². The molecule has 1 fully saturated rings. The predicted octanol–water partition coefficient (Wildman–Crippen LogP) is 2.78. The van der Waals surface area contributed by atoms with Crippen LogP contribution in [-0.2, 0) is 9.53 Å². The highest BCUT2D eigenvalue weighted by molar-refractivity contribution is 8.00. The summed E-state index contributed by atoms with van der Waals surface area (Å²) in [6, 6.07) is 0. The van der Waals surface area contributed by atoms with Gasteiger partial charge >= 0.3 is 5.97 Å². The summed E-state index contributed by atoms with van der Waals surface area (Å²) in [7, 11) is 0. The number of esters is 1. The van der Waals surface area contributed by atoms with E-state index >= 15 is 0 Å². The number of carbonyl (C=O) groups excluding carboxylic acids is 1. The zero-order valence-corrected chi connectivity index (χ0v) is 9.73. The van der Waals surface area contributed by atoms with Crippen LogP contribution >= 0.6 is 11.8 Å². The summed E-state index contributed by atoms with van der Waals surface area (Å²) >= 11 is 1.85. The molecular formula is C11H18O2S. The van der Waals surface area contributed by atoms with Crippen LogP contribution in [-0.4, -0.2) is 23.6 Å². The molecule has 0 aromatic rings. The minimum atomic E-state index is -0.215. The van der Waals surface area contributed by atoms with E-state index in [0.29, 0.717) is 6.61 Å². The number of thioether (sulfide) groups is 1. The van der Waals surface area contributed by atoms with Crippen molar-refractivity contribution in [3.8, 4) is 0 Å². The van der Waals surface area contributed by atoms with Gasteiger partial charge in [0.25, 0.3) is 0 Å². The van der Waals surface area contributed by atoms with E-state index in [0.717, 1.165) is 0 Å². The number of hydrogen-bond donors (Lipinski definition) is 0. The molecule has 3 heteroatoms. The van der Waals surface area contributed by atoms with Crippen molar-refractivity contribution in [2.24, 2.45) is 0 Å². The molecule has 2 nitrogen and oxygen atoms in total. The minimum absolute atomic E-state index is 0.201. The SMILES string of the molecule is CCOC(=O)/C=C/C1(SC)CCCC1. The zero-order chi connectivity index (χ0) is 10.4. The van der Waals surface area contributed by atoms with E-state index in [9.17, 15) is 4.79 Å². The molecule has 0 spiro atoms. The lowest BCUT2D eigenvalue weighted by Gasteiger charge is -2.21. The number of hydrogen-bond acceptors (Lipinski definition) is 3. The molecule has 1 aliphatic rings. The third-order valence-corrected chi connectivity index (χ3v) is 4.02. The van der Waals surface area contributed by atoms with Gasteiger partial charge in [-0.05, 0) is 26.0 Å². The lowest BCUT2D eigenvalue weighted by Crippen LogP contribution is -2.16. The van der Waals surface area contributed by atoms with Crippen molar-refractivity contribution < 1.29 is 9.53 Å². The predicted molar refractivity (Wildman–Crippen MR) is 60.5 cm³/mol. The average molecular weight is 214 g/mol. The molecule has 0 atom stereocenters. The molecule has 0 N–H and O–H groups in total. The van der Waals surface area contributed by atoms with Gasteiger partial charge in [0.15, 0.2) is 0 Å². The molecule has 0 aromatic heterocycles. The lowest BCUT2D eigenvalue weighted by atomic mass is 10.1. The van der Waals surface area contributed by atoms with Crippen molar-refractivity contribution in [3.63, 3.8) is 0 Å². The molecule has 80 valence electrons. The first-order valence-corrected chi connectivity index (χ1v) is 6.36. The van der Waals surface area contributed by atoms with Crippen molar-refractivity contribution in [2.45, 2.75) is 37.4 Å². The monoisotopic (exact) mass is 214 g/mol. The van der Waals surface area contributed by atoms with Crippen LogP contribution in [0.3, 0.4) is 0 Å². The molecule has 1 saturated carbocycles. The summed E-state index contributed by atoms with van der Waals surface area (Å²) in [5.74, 6) is -0.215. The highest BCUT2D eigenvalue weighted by Crippen LogP contribution is 2.41. The summed E-state index contributed by atoms with van der Waals surface area (Å²) in [5, 5.41) is 0. The highest BCUT2D eigenvalue weighted by atomic mass is 32.2. The van der Waals surface area contributed by atoms with Crippen LogP contribution in [0.25, 0.3) is 0 Å². The first-order valence-electron chi connectivity index (χ1n) is 5.13. The quantitative estimate of drug-likeness (QED) is 0.531. The normalized spacial score (nSPS) is 20.1. The van der Waals surface area contributed by atoms with Crippen LogP contribution in [0.4, 0.5) is 0 Å². The van der Waals surface area contributed by atoms with Gasteiger partial charge < -0.3 is 4.74 Å². The Labute approximate surface area is 90.1 Å². The molecule has 0 aliphatic heterocycles. The Morgan fingerprint density at radius 1 is 1.50 bits per heavy atom. The Balaban J connectivity index is 2.51. The summed E-state index contributed by atoms with van der Waals surface area (Å²) in [5.41, 5.74) is 0. The maximum atomic E-state index is 11.1. The molecule has 0 unspecified atom stereocenters. The van der Waals surface area contributed by atoms with Gasteiger partial charge in [-0.3, -0.25) is 0 Å². The second-order valence-corrected chi connectivity index (χ2v) is 4.78. The topological polar surface area (TPSA) is 26.3 Å². The van der Waals surface area contributed by atoms with Crippen LogP contribution in [0, 0.1) is 0 Å². The van der Waals surface area contributed by atoms with Crippen LogP contribution in [0.1, 0.15) is 32.6 Å². The van der Waals surface area contributed by atoms with Gasteiger partial charge in [0.2, 0.25) is 0 Å². The van der Waals surface area contributed by atoms with Crippen molar-refractivity contribution in [3.05, 3.63) is 12.2 Å². The van der Waals surface area contributed by atoms with Crippen molar-refractivity contribution in [1.29, 1.82) is 0 Å². The molecule has 0 amide bonds. The Morgan fingerprint density at radius 2 is 2.14 bits per heavy atom. The van der Waals surface area contributed by atoms with Crippen LogP contribution in [0.5, 0.6) is 0 Å². The second-order valence-electron chi connectivity index (χ2n) is 3.56. The molecule has 14 heavy (non-hydrogen) atoms. The molecule has 1 rings (SSSR count). The van der Waals surface area contributed by atoms with E-state index in [1.807, 2.05) is 24.8 Å². The lowest BCUT2D eigenvalue weighted by molar-refractivity contribution is -0.137. The summed E-state index contributed by atoms with van der Waals surface area (Å²) in [6.07, 6.45) is 10.6. The van der Waals surface area contributed by atoms with Crippen LogP contribution < -0.4 is 0 Å². The van der Waals surface area contributed by atoms with E-state index in [1.165, 1.54) is 25.7 Å². The fourth-order valence-electron chi connectivity index (χ4n) is 1.82. The molecule has 0 aromatic carbocycles. The fraction of sp³-hybridized carbons (Fsp3) is 0.727. The van der Waals surface area contributed by atoms with Gasteiger partial charge in [-0.2, -0.15) is 11.8 Å². The third kappa shape index (κ3) is 3.05. The Kier molecular flexibility index (Phi) is 4.52. The maximum Gasteiger partial charge on any atom is 0.330 e. The first kappa shape index (κ1) is 11.6. The molecule has 0 heterocycles. The molecular weight excluding hydrogens is 196 g/mol. The van der Waals surface area contributed by atoms with Crippen molar-refractivity contribution >= 4 is 17.7 Å². The number of ether oxygens (including phenoxy) is 1. The Bertz CT molecular complexity index is 217. The Morgan fingerprint density at radius 3 is 2.64 bits per heavy atom. The zero-order valence-electron chi connectivity index (χ0n) is 8.91. The standard InChI is InChI=1S/C11H18O2S/c1-3-13-10(12)6-9-11(14-2)7-4-5-8-11/h6,9H,3-5,7-8H2,1-2H3/b9-6+. The largest absolute Gasteiger partial charge is 0.463 e. The molecule has 1 aliphatic carbocycles. The molecule has 0 saturated heterocycles. The van der Waals surface area contributed by atoms with E-state index in [4.69, 9.17) is 4.74 Å². The third-order valence-electron chi connectivity index (χ3n) is 2.67. The van der Waals surface area contributed by atoms with Crippen molar-refractivity contribution in [1.82, 2.24) is 0 Å². The molecule has 0 bridgehead atoms. The van der Waals surface area contributed by atoms with Crippen LogP contribution in [0.2, 0.25) is 0 Å². The van der Waals surface area contributed by atoms with Gasteiger partial charge in [0.1, 0.15) is 0 Å². The average Bonchev–Trinajstić information content (AvgIpc) is 2.65. The fourth-order valence-corrected chi connectivity index (χ4v) is 2.72. The Hall–Kier alpha value is -0.440. The van der Waals surface area contributed by atoms with Gasteiger partial charge in [0, 0.05) is 10.8 Å². The minimum Gasteiger partial charge on any atom is -0.463 e. The first-order chi connectivity index (χ1) is 6.72. The summed E-state index contributed by atoms with van der Waals surface area (Å²) in [6.45, 7) is 2.28. The van der Waals surface area contributed by atoms with Gasteiger partial charge in [-0.25, -0.2) is 4.79 Å². The van der Waals surface area contributed by atoms with Gasteiger partial charge in [-0.1, -0.05) is 18.9 Å². The van der Waals surface area contributed by atoms with E-state index in [-0.39, 0.29) is 10.7 Å². The van der Waals surface area contributed by atoms with E-state index < -0.39 is 0 Å². The second kappa shape index (κ2) is 5.44. The smallest absolute Gasteiger partial charge is 0.330 e. The molecule has 0 radical (unpaired) electrons. The van der Waals surface area contributed by atoms with Gasteiger partial charge in [-0.15, -0.1) is 0 Å². The van der Waals surface area contributed by atoms with Gasteiger partial charge in [0.05, 0.1) is 6.61 Å². The van der Waals surface area contributed by atoms with Crippen molar-refractivity contribution in [2.75, 3.05) is 12.9 Å². The van der Waals surface area contributed by atoms with Crippen LogP contribution in [0.15, 0.2) is 12.2 Å². The number of rotatable bonds is 4. The van der Waals surface area contributed by atoms with E-state index in [2.05, 4.69) is 6.26 Å². The summed E-state index contributed by atoms with van der Waals surface area (Å²) < 4.78 is 5.06. The summed E-state index contributed by atoms with van der Waals surface area (Å²) in [4.78, 5) is 11.1. The highest BCUT2D eigenvalue weighted by Gasteiger charge is 2.30. The maximum absolute atomic E-state index is 11.1.